The van der Waals surface area contributed by atoms with Gasteiger partial charge in [0.25, 0.3) is 0 Å². The monoisotopic (exact) mass is 292 g/mol. The molecular weight excluding hydrogens is 276 g/mol. The normalized spacial score (nSPS) is 12.1. The summed E-state index contributed by atoms with van der Waals surface area (Å²) >= 11 is 1.50. The van der Waals surface area contributed by atoms with Crippen LogP contribution in [0.15, 0.2) is 47.1 Å². The smallest absolute Gasteiger partial charge is 0.341 e. The van der Waals surface area contributed by atoms with Gasteiger partial charge in [-0.1, -0.05) is 30.3 Å². The molecule has 0 aliphatic heterocycles. The summed E-state index contributed by atoms with van der Waals surface area (Å²) in [6.45, 7) is 0. The van der Waals surface area contributed by atoms with E-state index < -0.39 is 12.1 Å². The van der Waals surface area contributed by atoms with E-state index in [1.165, 1.54) is 25.1 Å². The van der Waals surface area contributed by atoms with Gasteiger partial charge < -0.3 is 14.3 Å². The molecule has 0 radical (unpaired) electrons. The van der Waals surface area contributed by atoms with E-state index in [4.69, 9.17) is 4.42 Å². The highest BCUT2D eigenvalue weighted by atomic mass is 32.2. The number of hydrogen-bond donors (Lipinski definition) is 1. The van der Waals surface area contributed by atoms with Crippen molar-refractivity contribution in [2.45, 2.75) is 11.9 Å². The molecule has 20 heavy (non-hydrogen) atoms. The van der Waals surface area contributed by atoms with E-state index in [1.54, 1.807) is 6.07 Å². The second-order valence-electron chi connectivity index (χ2n) is 4.19. The molecule has 0 spiro atoms. The first kappa shape index (κ1) is 14.7. The average Bonchev–Trinajstić information content (AvgIpc) is 2.95. The van der Waals surface area contributed by atoms with Crippen LogP contribution in [0.3, 0.4) is 0 Å². The predicted octanol–water partition coefficient (Wildman–Crippen LogP) is 3.03. The van der Waals surface area contributed by atoms with E-state index in [0.717, 1.165) is 5.56 Å². The Kier molecular flexibility index (Phi) is 5.26. The first-order valence-electron chi connectivity index (χ1n) is 6.18. The first-order chi connectivity index (χ1) is 9.72. The van der Waals surface area contributed by atoms with Gasteiger partial charge in [0, 0.05) is 5.75 Å². The number of methoxy groups -OCH3 is 1. The SMILES string of the molecule is COC(=O)c1ccoc1CSCC(O)c1ccccc1. The number of carbonyl (C=O) groups is 1. The highest BCUT2D eigenvalue weighted by Crippen LogP contribution is 2.23. The number of ether oxygens (including phenoxy) is 1. The van der Waals surface area contributed by atoms with Gasteiger partial charge in [-0.05, 0) is 11.6 Å². The van der Waals surface area contributed by atoms with Crippen LogP contribution < -0.4 is 0 Å². The van der Waals surface area contributed by atoms with Gasteiger partial charge in [-0.2, -0.15) is 11.8 Å². The van der Waals surface area contributed by atoms with Crippen LogP contribution in [0, 0.1) is 0 Å². The Morgan fingerprint density at radius 3 is 2.80 bits per heavy atom. The number of benzene rings is 1. The van der Waals surface area contributed by atoms with Crippen molar-refractivity contribution in [3.8, 4) is 0 Å². The Morgan fingerprint density at radius 1 is 1.35 bits per heavy atom. The van der Waals surface area contributed by atoms with Gasteiger partial charge in [-0.3, -0.25) is 0 Å². The maximum atomic E-state index is 11.5. The second-order valence-corrected chi connectivity index (χ2v) is 5.22. The third-order valence-corrected chi connectivity index (χ3v) is 3.86. The molecule has 2 rings (SSSR count). The van der Waals surface area contributed by atoms with E-state index >= 15 is 0 Å². The zero-order chi connectivity index (χ0) is 14.4. The summed E-state index contributed by atoms with van der Waals surface area (Å²) < 4.78 is 9.95. The van der Waals surface area contributed by atoms with Crippen molar-refractivity contribution in [2.75, 3.05) is 12.9 Å². The van der Waals surface area contributed by atoms with Gasteiger partial charge in [-0.25, -0.2) is 4.79 Å². The number of hydrogen-bond acceptors (Lipinski definition) is 5. The van der Waals surface area contributed by atoms with Gasteiger partial charge in [-0.15, -0.1) is 0 Å². The van der Waals surface area contributed by atoms with Gasteiger partial charge >= 0.3 is 5.97 Å². The summed E-state index contributed by atoms with van der Waals surface area (Å²) in [4.78, 5) is 11.5. The van der Waals surface area contributed by atoms with Gasteiger partial charge in [0.15, 0.2) is 0 Å². The van der Waals surface area contributed by atoms with Crippen LogP contribution in [0.1, 0.15) is 27.8 Å². The van der Waals surface area contributed by atoms with E-state index in [-0.39, 0.29) is 0 Å². The summed E-state index contributed by atoms with van der Waals surface area (Å²) in [6.07, 6.45) is 0.938. The molecule has 1 atom stereocenters. The van der Waals surface area contributed by atoms with Crippen molar-refractivity contribution < 1.29 is 19.1 Å². The van der Waals surface area contributed by atoms with Crippen LogP contribution in [0.2, 0.25) is 0 Å². The maximum absolute atomic E-state index is 11.5. The molecule has 1 unspecified atom stereocenters. The summed E-state index contributed by atoms with van der Waals surface area (Å²) in [7, 11) is 1.34. The number of aliphatic hydroxyl groups excluding tert-OH is 1. The largest absolute Gasteiger partial charge is 0.468 e. The van der Waals surface area contributed by atoms with Crippen molar-refractivity contribution in [2.24, 2.45) is 0 Å². The van der Waals surface area contributed by atoms with Gasteiger partial charge in [0.2, 0.25) is 0 Å². The van der Waals surface area contributed by atoms with Crippen molar-refractivity contribution in [1.82, 2.24) is 0 Å². The number of thioether (sulfide) groups is 1. The Balaban J connectivity index is 1.87. The van der Waals surface area contributed by atoms with Crippen molar-refractivity contribution >= 4 is 17.7 Å². The zero-order valence-corrected chi connectivity index (χ0v) is 11.9. The van der Waals surface area contributed by atoms with Gasteiger partial charge in [0.1, 0.15) is 11.3 Å². The third-order valence-electron chi connectivity index (χ3n) is 2.84. The Bertz CT molecular complexity index is 550. The molecule has 1 N–H and O–H groups in total. The molecule has 0 amide bonds. The third kappa shape index (κ3) is 3.65. The summed E-state index contributed by atoms with van der Waals surface area (Å²) in [5.74, 6) is 1.21. The number of furan rings is 1. The van der Waals surface area contributed by atoms with Crippen LogP contribution in [0.5, 0.6) is 0 Å². The Hall–Kier alpha value is -1.72. The van der Waals surface area contributed by atoms with E-state index in [9.17, 15) is 9.90 Å². The standard InChI is InChI=1S/C15H16O4S/c1-18-15(17)12-7-8-19-14(12)10-20-9-13(16)11-5-3-2-4-6-11/h2-8,13,16H,9-10H2,1H3. The minimum atomic E-state index is -0.530. The molecule has 0 aliphatic rings. The lowest BCUT2D eigenvalue weighted by Crippen LogP contribution is -2.04. The fraction of sp³-hybridized carbons (Fsp3) is 0.267. The topological polar surface area (TPSA) is 59.7 Å². The van der Waals surface area contributed by atoms with Crippen LogP contribution in [-0.2, 0) is 10.5 Å². The molecule has 5 heteroatoms. The molecule has 2 aromatic rings. The molecule has 1 heterocycles. The molecule has 0 bridgehead atoms. The lowest BCUT2D eigenvalue weighted by atomic mass is 10.1. The first-order valence-corrected chi connectivity index (χ1v) is 7.33. The number of rotatable bonds is 6. The summed E-state index contributed by atoms with van der Waals surface area (Å²) in [5.41, 5.74) is 1.32. The van der Waals surface area contributed by atoms with Crippen molar-refractivity contribution in [3.63, 3.8) is 0 Å². The molecular formula is C15H16O4S. The molecule has 1 aromatic heterocycles. The number of esters is 1. The average molecular weight is 292 g/mol. The number of aliphatic hydroxyl groups is 1. The Labute approximate surface area is 121 Å². The maximum Gasteiger partial charge on any atom is 0.341 e. The quantitative estimate of drug-likeness (QED) is 0.829. The molecule has 0 fully saturated rings. The highest BCUT2D eigenvalue weighted by molar-refractivity contribution is 7.98. The van der Waals surface area contributed by atoms with E-state index in [1.807, 2.05) is 30.3 Å². The molecule has 106 valence electrons. The molecule has 0 saturated heterocycles. The zero-order valence-electron chi connectivity index (χ0n) is 11.1. The lowest BCUT2D eigenvalue weighted by molar-refractivity contribution is 0.0598. The summed E-state index contributed by atoms with van der Waals surface area (Å²) in [5, 5.41) is 10.0. The van der Waals surface area contributed by atoms with Crippen LogP contribution in [-0.4, -0.2) is 23.9 Å². The Morgan fingerprint density at radius 2 is 2.10 bits per heavy atom. The second kappa shape index (κ2) is 7.17. The van der Waals surface area contributed by atoms with E-state index in [2.05, 4.69) is 4.74 Å². The fourth-order valence-corrected chi connectivity index (χ4v) is 2.72. The van der Waals surface area contributed by atoms with Crippen LogP contribution >= 0.6 is 11.8 Å². The molecule has 0 saturated carbocycles. The number of carbonyl (C=O) groups excluding carboxylic acids is 1. The summed E-state index contributed by atoms with van der Waals surface area (Å²) in [6, 6.07) is 11.1. The highest BCUT2D eigenvalue weighted by Gasteiger charge is 2.15. The van der Waals surface area contributed by atoms with E-state index in [0.29, 0.717) is 22.8 Å². The minimum Gasteiger partial charge on any atom is -0.468 e. The van der Waals surface area contributed by atoms with Crippen LogP contribution in [0.25, 0.3) is 0 Å². The lowest BCUT2D eigenvalue weighted by Gasteiger charge is -2.10. The van der Waals surface area contributed by atoms with Crippen LogP contribution in [0.4, 0.5) is 0 Å². The molecule has 1 aromatic carbocycles. The molecule has 0 aliphatic carbocycles. The van der Waals surface area contributed by atoms with Crippen molar-refractivity contribution in [1.29, 1.82) is 0 Å². The fourth-order valence-electron chi connectivity index (χ4n) is 1.78. The predicted molar refractivity (Wildman–Crippen MR) is 77.6 cm³/mol. The molecule has 4 nitrogen and oxygen atoms in total. The minimum absolute atomic E-state index is 0.405. The van der Waals surface area contributed by atoms with Crippen molar-refractivity contribution in [3.05, 3.63) is 59.5 Å². The van der Waals surface area contributed by atoms with Gasteiger partial charge in [0.05, 0.1) is 25.2 Å².